The quantitative estimate of drug-likeness (QED) is 0.212. The molecule has 5 N–H and O–H groups in total. The summed E-state index contributed by atoms with van der Waals surface area (Å²) in [6.45, 7) is 0.728. The monoisotopic (exact) mass is 538 g/mol. The van der Waals surface area contributed by atoms with E-state index in [0.717, 1.165) is 7.11 Å². The van der Waals surface area contributed by atoms with Crippen molar-refractivity contribution in [2.45, 2.75) is 72.6 Å². The lowest BCUT2D eigenvalue weighted by molar-refractivity contribution is -0.387. The molecule has 13 heteroatoms. The zero-order valence-corrected chi connectivity index (χ0v) is 20.3. The Kier molecular flexibility index (Phi) is 4.46. The Morgan fingerprint density at radius 3 is 2.51 bits per heavy atom. The van der Waals surface area contributed by atoms with E-state index in [9.17, 15) is 35.1 Å². The molecule has 3 heterocycles. The van der Waals surface area contributed by atoms with Crippen molar-refractivity contribution in [1.29, 1.82) is 0 Å². The first-order valence-corrected chi connectivity index (χ1v) is 12.1. The van der Waals surface area contributed by atoms with Crippen LogP contribution in [0.2, 0.25) is 5.02 Å². The largest absolute Gasteiger partial charge is 0.476 e. The second kappa shape index (κ2) is 6.89. The standard InChI is InChI=1S/C24H23ClO12/c1-7-15(29)21-18(33-2)19(31)34-6-10(26)8-3-4-9-13(14(8)25)22-11(27)5-12(28)23(22,16(9)30)35-17(7)24(32,37-22)20(21)36-21/h3-4,10-12,16,18,20,26-28,30,32H,5-6H2,1-2H3. The molecule has 12 nitrogen and oxygen atoms in total. The summed E-state index contributed by atoms with van der Waals surface area (Å²) in [6.07, 6.45) is -9.74. The van der Waals surface area contributed by atoms with Gasteiger partial charge in [0.1, 0.15) is 24.9 Å². The predicted octanol–water partition coefficient (Wildman–Crippen LogP) is -1.22. The number of hydrogen-bond acceptors (Lipinski definition) is 12. The molecular formula is C24H23ClO12. The van der Waals surface area contributed by atoms with Gasteiger partial charge in [-0.3, -0.25) is 4.79 Å². The molecule has 6 aliphatic rings. The number of benzene rings is 1. The Labute approximate surface area is 213 Å². The molecule has 3 aliphatic heterocycles. The normalized spacial score (nSPS) is 49.1. The second-order valence-corrected chi connectivity index (χ2v) is 10.7. The topological polar surface area (TPSA) is 185 Å². The molecular weight excluding hydrogens is 516 g/mol. The van der Waals surface area contributed by atoms with Crippen molar-refractivity contribution >= 4 is 23.4 Å². The minimum Gasteiger partial charge on any atom is -0.476 e. The van der Waals surface area contributed by atoms with Crippen LogP contribution in [0, 0.1) is 0 Å². The van der Waals surface area contributed by atoms with Gasteiger partial charge < -0.3 is 49.2 Å². The highest BCUT2D eigenvalue weighted by Crippen LogP contribution is 2.72. The average Bonchev–Trinajstić information content (AvgIpc) is 3.52. The van der Waals surface area contributed by atoms with E-state index < -0.39 is 83.3 Å². The van der Waals surface area contributed by atoms with Crippen molar-refractivity contribution in [3.8, 4) is 0 Å². The molecule has 3 fully saturated rings. The fourth-order valence-electron chi connectivity index (χ4n) is 7.15. The first kappa shape index (κ1) is 23.9. The van der Waals surface area contributed by atoms with Crippen LogP contribution in [0.4, 0.5) is 0 Å². The van der Waals surface area contributed by atoms with Crippen molar-refractivity contribution in [3.63, 3.8) is 0 Å². The van der Waals surface area contributed by atoms with Gasteiger partial charge in [-0.25, -0.2) is 4.79 Å². The van der Waals surface area contributed by atoms with Crippen LogP contribution in [0.3, 0.4) is 0 Å². The Morgan fingerprint density at radius 2 is 1.81 bits per heavy atom. The zero-order chi connectivity index (χ0) is 26.4. The number of halogens is 1. The molecule has 7 rings (SSSR count). The highest BCUT2D eigenvalue weighted by Gasteiger charge is 2.88. The van der Waals surface area contributed by atoms with E-state index in [1.807, 2.05) is 0 Å². The molecule has 198 valence electrons. The highest BCUT2D eigenvalue weighted by atomic mass is 35.5. The first-order valence-electron chi connectivity index (χ1n) is 11.7. The molecule has 1 spiro atoms. The molecule has 2 saturated heterocycles. The summed E-state index contributed by atoms with van der Waals surface area (Å²) in [5, 5.41) is 56.9. The molecule has 5 bridgehead atoms. The number of methoxy groups -OCH3 is 1. The number of carbonyl (C=O) groups excluding carboxylic acids is 2. The van der Waals surface area contributed by atoms with E-state index in [1.165, 1.54) is 19.1 Å². The molecule has 10 atom stereocenters. The summed E-state index contributed by atoms with van der Waals surface area (Å²) < 4.78 is 28.8. The van der Waals surface area contributed by atoms with Crippen LogP contribution >= 0.6 is 11.6 Å². The van der Waals surface area contributed by atoms with Crippen LogP contribution in [-0.4, -0.2) is 92.4 Å². The van der Waals surface area contributed by atoms with E-state index in [-0.39, 0.29) is 33.7 Å². The van der Waals surface area contributed by atoms with Gasteiger partial charge in [0, 0.05) is 30.2 Å². The summed E-state index contributed by atoms with van der Waals surface area (Å²) in [5.74, 6) is -4.80. The maximum absolute atomic E-state index is 13.6. The Hall–Kier alpha value is -2.13. The summed E-state index contributed by atoms with van der Waals surface area (Å²) in [4.78, 5) is 26.6. The number of hydrogen-bond donors (Lipinski definition) is 5. The molecule has 37 heavy (non-hydrogen) atoms. The number of rotatable bonds is 1. The molecule has 1 saturated carbocycles. The molecule has 1 aromatic rings. The van der Waals surface area contributed by atoms with Crippen molar-refractivity contribution in [2.75, 3.05) is 13.7 Å². The number of ketones is 1. The SMILES string of the molecule is COC1C(=O)OCC(O)c2ccc3c(c2Cl)C24OC5(O)C(=C(C)C(=O)C16OC56)OC2(C(O)CC4O)C3O. The summed E-state index contributed by atoms with van der Waals surface area (Å²) in [5.41, 5.74) is -6.36. The lowest BCUT2D eigenvalue weighted by Gasteiger charge is -2.55. The number of epoxide rings is 1. The highest BCUT2D eigenvalue weighted by molar-refractivity contribution is 6.32. The second-order valence-electron chi connectivity index (χ2n) is 10.4. The number of ether oxygens (including phenoxy) is 5. The zero-order valence-electron chi connectivity index (χ0n) is 19.5. The lowest BCUT2D eigenvalue weighted by atomic mass is 9.75. The van der Waals surface area contributed by atoms with Crippen molar-refractivity contribution in [1.82, 2.24) is 0 Å². The maximum Gasteiger partial charge on any atom is 0.339 e. The van der Waals surface area contributed by atoms with Crippen LogP contribution in [0.15, 0.2) is 23.5 Å². The molecule has 3 aliphatic carbocycles. The van der Waals surface area contributed by atoms with Crippen molar-refractivity contribution in [3.05, 3.63) is 45.2 Å². The van der Waals surface area contributed by atoms with E-state index in [2.05, 4.69) is 0 Å². The van der Waals surface area contributed by atoms with Crippen LogP contribution in [0.5, 0.6) is 0 Å². The van der Waals surface area contributed by atoms with Crippen LogP contribution < -0.4 is 0 Å². The Balaban J connectivity index is 1.58. The minimum atomic E-state index is -2.57. The third-order valence-electron chi connectivity index (χ3n) is 8.80. The van der Waals surface area contributed by atoms with Crippen LogP contribution in [0.25, 0.3) is 0 Å². The average molecular weight is 539 g/mol. The van der Waals surface area contributed by atoms with Gasteiger partial charge in [-0.2, -0.15) is 0 Å². The van der Waals surface area contributed by atoms with E-state index in [1.54, 1.807) is 0 Å². The van der Waals surface area contributed by atoms with Gasteiger partial charge in [0.15, 0.2) is 40.6 Å². The fourth-order valence-corrected chi connectivity index (χ4v) is 7.59. The summed E-state index contributed by atoms with van der Waals surface area (Å²) >= 11 is 6.76. The first-order chi connectivity index (χ1) is 17.4. The molecule has 0 radical (unpaired) electrons. The minimum absolute atomic E-state index is 0.00981. The third-order valence-corrected chi connectivity index (χ3v) is 9.21. The number of fused-ring (bicyclic) bond motifs is 1. The van der Waals surface area contributed by atoms with Crippen molar-refractivity contribution < 1.29 is 58.8 Å². The van der Waals surface area contributed by atoms with E-state index >= 15 is 0 Å². The van der Waals surface area contributed by atoms with Crippen LogP contribution in [0.1, 0.15) is 42.2 Å². The Bertz CT molecular complexity index is 1330. The number of cyclic esters (lactones) is 1. The molecule has 0 amide bonds. The van der Waals surface area contributed by atoms with Gasteiger partial charge in [-0.15, -0.1) is 0 Å². The fraction of sp³-hybridized carbons (Fsp3) is 0.583. The van der Waals surface area contributed by atoms with Gasteiger partial charge in [0.25, 0.3) is 5.79 Å². The van der Waals surface area contributed by atoms with E-state index in [0.29, 0.717) is 0 Å². The molecule has 0 aromatic heterocycles. The molecule has 10 unspecified atom stereocenters. The Morgan fingerprint density at radius 1 is 1.11 bits per heavy atom. The van der Waals surface area contributed by atoms with Gasteiger partial charge in [-0.1, -0.05) is 23.7 Å². The van der Waals surface area contributed by atoms with Crippen molar-refractivity contribution in [2.24, 2.45) is 0 Å². The van der Waals surface area contributed by atoms with Gasteiger partial charge in [0.2, 0.25) is 0 Å². The lowest BCUT2D eigenvalue weighted by Crippen LogP contribution is -2.70. The molecule has 1 aromatic carbocycles. The number of Topliss-reactive ketones (excluding diaryl/α,β-unsaturated/α-hetero) is 1. The third kappa shape index (κ3) is 2.28. The maximum atomic E-state index is 13.6. The number of aliphatic hydroxyl groups excluding tert-OH is 4. The van der Waals surface area contributed by atoms with E-state index in [4.69, 9.17) is 35.3 Å². The number of carbonyl (C=O) groups is 2. The predicted molar refractivity (Wildman–Crippen MR) is 117 cm³/mol. The summed E-state index contributed by atoms with van der Waals surface area (Å²) in [6, 6.07) is 2.82. The number of aliphatic hydroxyl groups is 5. The number of esters is 1. The van der Waals surface area contributed by atoms with Gasteiger partial charge >= 0.3 is 5.97 Å². The summed E-state index contributed by atoms with van der Waals surface area (Å²) in [7, 11) is 1.15. The van der Waals surface area contributed by atoms with Gasteiger partial charge in [-0.05, 0) is 12.5 Å². The van der Waals surface area contributed by atoms with Gasteiger partial charge in [0.05, 0.1) is 11.1 Å². The smallest absolute Gasteiger partial charge is 0.339 e. The van der Waals surface area contributed by atoms with Crippen LogP contribution in [-0.2, 0) is 38.9 Å².